The third kappa shape index (κ3) is 7.40. The number of benzene rings is 12. The summed E-state index contributed by atoms with van der Waals surface area (Å²) < 4.78 is 43.2. The first-order chi connectivity index (χ1) is 42.3. The summed E-state index contributed by atoms with van der Waals surface area (Å²) >= 11 is 0. The van der Waals surface area contributed by atoms with Gasteiger partial charge in [-0.2, -0.15) is 0 Å². The van der Waals surface area contributed by atoms with Gasteiger partial charge in [0.15, 0.2) is 0 Å². The number of fused-ring (bicyclic) bond motifs is 12. The molecule has 18 rings (SSSR count). The minimum absolute atomic E-state index is 0.222. The molecule has 0 aliphatic carbocycles. The van der Waals surface area contributed by atoms with E-state index < -0.39 is 0 Å². The molecular weight excluding hydrogens is 1060 g/mol. The summed E-state index contributed by atoms with van der Waals surface area (Å²) in [6.45, 7) is 5.77. The standard InChI is InChI=1S/C75H49B3N2O6/c1-44-32-45(2)72(46(3)33-44)47-34-66-73-67(35-47)84-65-43-63-57(77-55-29-17-19-31-61(55)82-69-37-53(39-71(86-63)75(69)77)80(50-24-12-6-13-25-50)51-26-14-7-15-27-51)41-59(65)78(73)58-40-56-62(42-64(58)83-66)85-70-38-52(36-68-74(70)76(56)54-28-16-18-30-60(54)81-68)79(48-20-8-4-9-21-48)49-22-10-5-11-23-49/h4-43H,1-3H3. The molecule has 0 atom stereocenters. The fourth-order valence-corrected chi connectivity index (χ4v) is 14.6. The summed E-state index contributed by atoms with van der Waals surface area (Å²) in [4.78, 5) is 4.50. The van der Waals surface area contributed by atoms with Crippen LogP contribution in [0.4, 0.5) is 34.1 Å². The lowest BCUT2D eigenvalue weighted by molar-refractivity contribution is 0.448. The summed E-state index contributed by atoms with van der Waals surface area (Å²) in [5.74, 6) is 8.94. The third-order valence-corrected chi connectivity index (χ3v) is 18.0. The van der Waals surface area contributed by atoms with Gasteiger partial charge in [-0.05, 0) is 149 Å². The van der Waals surface area contributed by atoms with E-state index in [0.29, 0.717) is 0 Å². The quantitative estimate of drug-likeness (QED) is 0.146. The van der Waals surface area contributed by atoms with Crippen molar-refractivity contribution in [1.29, 1.82) is 0 Å². The van der Waals surface area contributed by atoms with Crippen LogP contribution in [0.25, 0.3) is 11.1 Å². The number of anilines is 6. The van der Waals surface area contributed by atoms with Gasteiger partial charge in [0.25, 0.3) is 20.1 Å². The normalized spacial score (nSPS) is 13.3. The van der Waals surface area contributed by atoms with Gasteiger partial charge in [-0.3, -0.25) is 0 Å². The molecule has 8 nitrogen and oxygen atoms in total. The first-order valence-corrected chi connectivity index (χ1v) is 29.4. The first kappa shape index (κ1) is 48.7. The zero-order valence-electron chi connectivity index (χ0n) is 47.2. The molecule has 0 aromatic heterocycles. The Labute approximate surface area is 499 Å². The lowest BCUT2D eigenvalue weighted by Crippen LogP contribution is -2.63. The van der Waals surface area contributed by atoms with Crippen molar-refractivity contribution in [3.63, 3.8) is 0 Å². The highest BCUT2D eigenvalue weighted by Gasteiger charge is 2.48. The Balaban J connectivity index is 0.834. The van der Waals surface area contributed by atoms with Crippen LogP contribution in [-0.2, 0) is 0 Å². The fraction of sp³-hybridized carbons (Fsp3) is 0.0400. The Kier molecular flexibility index (Phi) is 10.6. The molecule has 6 aliphatic heterocycles. The van der Waals surface area contributed by atoms with Crippen molar-refractivity contribution in [3.05, 3.63) is 259 Å². The molecule has 12 aromatic carbocycles. The number of ether oxygens (including phenoxy) is 6. The second-order valence-corrected chi connectivity index (χ2v) is 23.2. The van der Waals surface area contributed by atoms with Gasteiger partial charge in [-0.15, -0.1) is 0 Å². The van der Waals surface area contributed by atoms with Crippen LogP contribution in [0.1, 0.15) is 16.7 Å². The maximum Gasteiger partial charge on any atom is 0.260 e. The molecule has 0 saturated carbocycles. The number of hydrogen-bond donors (Lipinski definition) is 0. The number of hydrogen-bond acceptors (Lipinski definition) is 8. The molecule has 12 aromatic rings. The molecule has 404 valence electrons. The highest BCUT2D eigenvalue weighted by atomic mass is 16.5. The highest BCUT2D eigenvalue weighted by Crippen LogP contribution is 2.48. The molecule has 0 bridgehead atoms. The van der Waals surface area contributed by atoms with E-state index in [1.165, 1.54) is 16.7 Å². The van der Waals surface area contributed by atoms with Crippen LogP contribution in [0.5, 0.6) is 69.0 Å². The molecule has 0 spiro atoms. The Morgan fingerprint density at radius 1 is 0.244 bits per heavy atom. The van der Waals surface area contributed by atoms with Gasteiger partial charge in [0, 0.05) is 75.5 Å². The number of para-hydroxylation sites is 6. The van der Waals surface area contributed by atoms with E-state index in [0.717, 1.165) is 163 Å². The molecule has 86 heavy (non-hydrogen) atoms. The number of rotatable bonds is 7. The van der Waals surface area contributed by atoms with Crippen LogP contribution in [0.2, 0.25) is 0 Å². The van der Waals surface area contributed by atoms with Gasteiger partial charge >= 0.3 is 0 Å². The lowest BCUT2D eigenvalue weighted by Gasteiger charge is -2.38. The van der Waals surface area contributed by atoms with E-state index in [1.54, 1.807) is 0 Å². The molecule has 0 amide bonds. The summed E-state index contributed by atoms with van der Waals surface area (Å²) in [5.41, 5.74) is 20.8. The molecule has 0 N–H and O–H groups in total. The SMILES string of the molecule is Cc1cc(C)c(-c2cc3c4c(c2)Oc2cc5c(cc2B4c2cc4c(cc2O3)Oc2cc(N(c3ccccc3)c3ccccc3)cc3c2B4c2ccccc2O3)B2c3ccccc3Oc3cc(N(c4ccccc4)c4ccccc4)cc(c32)O5)c(C)c1. The second kappa shape index (κ2) is 18.6. The van der Waals surface area contributed by atoms with Gasteiger partial charge < -0.3 is 38.2 Å². The van der Waals surface area contributed by atoms with Gasteiger partial charge in [-0.25, -0.2) is 0 Å². The maximum absolute atomic E-state index is 7.34. The van der Waals surface area contributed by atoms with Crippen LogP contribution in [0.3, 0.4) is 0 Å². The number of nitrogens with zero attached hydrogens (tertiary/aromatic N) is 2. The summed E-state index contributed by atoms with van der Waals surface area (Å²) in [6, 6.07) is 85.1. The van der Waals surface area contributed by atoms with Crippen molar-refractivity contribution in [2.24, 2.45) is 0 Å². The first-order valence-electron chi connectivity index (χ1n) is 29.4. The minimum atomic E-state index is -0.315. The minimum Gasteiger partial charge on any atom is -0.458 e. The summed E-state index contributed by atoms with van der Waals surface area (Å²) in [6.07, 6.45) is 0. The monoisotopic (exact) mass is 1110 g/mol. The van der Waals surface area contributed by atoms with Crippen molar-refractivity contribution < 1.29 is 28.4 Å². The van der Waals surface area contributed by atoms with Gasteiger partial charge in [0.2, 0.25) is 0 Å². The topological polar surface area (TPSA) is 61.9 Å². The van der Waals surface area contributed by atoms with Crippen LogP contribution in [-0.4, -0.2) is 20.1 Å². The van der Waals surface area contributed by atoms with Crippen LogP contribution < -0.4 is 87.4 Å². The van der Waals surface area contributed by atoms with Crippen molar-refractivity contribution in [2.45, 2.75) is 20.8 Å². The average Bonchev–Trinajstić information content (AvgIpc) is 0.773. The van der Waals surface area contributed by atoms with Crippen molar-refractivity contribution in [1.82, 2.24) is 0 Å². The zero-order valence-corrected chi connectivity index (χ0v) is 47.2. The van der Waals surface area contributed by atoms with Gasteiger partial charge in [-0.1, -0.05) is 139 Å². The molecule has 0 fully saturated rings. The van der Waals surface area contributed by atoms with E-state index in [2.05, 4.69) is 237 Å². The fourth-order valence-electron chi connectivity index (χ4n) is 14.6. The predicted octanol–water partition coefficient (Wildman–Crippen LogP) is 13.4. The molecule has 11 heteroatoms. The van der Waals surface area contributed by atoms with E-state index in [9.17, 15) is 0 Å². The molecule has 0 unspecified atom stereocenters. The lowest BCUT2D eigenvalue weighted by atomic mass is 9.30. The van der Waals surface area contributed by atoms with Crippen LogP contribution >= 0.6 is 0 Å². The number of aryl methyl sites for hydroxylation is 3. The highest BCUT2D eigenvalue weighted by molar-refractivity contribution is 7.02. The van der Waals surface area contributed by atoms with E-state index >= 15 is 0 Å². The van der Waals surface area contributed by atoms with Gasteiger partial charge in [0.1, 0.15) is 69.0 Å². The Hall–Kier alpha value is -10.8. The summed E-state index contributed by atoms with van der Waals surface area (Å²) in [5, 5.41) is 0. The summed E-state index contributed by atoms with van der Waals surface area (Å²) in [7, 11) is 0. The Morgan fingerprint density at radius 3 is 0.884 bits per heavy atom. The van der Waals surface area contributed by atoms with Crippen molar-refractivity contribution >= 4 is 103 Å². The molecule has 6 aliphatic rings. The molecular formula is C75H49B3N2O6. The van der Waals surface area contributed by atoms with Crippen molar-refractivity contribution in [2.75, 3.05) is 9.80 Å². The van der Waals surface area contributed by atoms with Crippen molar-refractivity contribution in [3.8, 4) is 80.1 Å². The van der Waals surface area contributed by atoms with E-state index in [-0.39, 0.29) is 20.1 Å². The third-order valence-electron chi connectivity index (χ3n) is 18.0. The molecule has 0 radical (unpaired) electrons. The molecule has 0 saturated heterocycles. The molecule has 6 heterocycles. The second-order valence-electron chi connectivity index (χ2n) is 23.2. The van der Waals surface area contributed by atoms with Gasteiger partial charge in [0.05, 0.1) is 11.4 Å². The maximum atomic E-state index is 7.34. The smallest absolute Gasteiger partial charge is 0.260 e. The zero-order chi connectivity index (χ0) is 56.9. The van der Waals surface area contributed by atoms with E-state index in [4.69, 9.17) is 28.4 Å². The average molecular weight is 1110 g/mol. The Bertz CT molecular complexity index is 4480. The Morgan fingerprint density at radius 2 is 0.535 bits per heavy atom. The van der Waals surface area contributed by atoms with Crippen LogP contribution in [0, 0.1) is 20.8 Å². The van der Waals surface area contributed by atoms with E-state index in [1.807, 2.05) is 36.4 Å². The predicted molar refractivity (Wildman–Crippen MR) is 349 cm³/mol. The largest absolute Gasteiger partial charge is 0.458 e. The van der Waals surface area contributed by atoms with Crippen LogP contribution in [0.15, 0.2) is 243 Å².